The van der Waals surface area contributed by atoms with Gasteiger partial charge in [-0.3, -0.25) is 14.4 Å². The van der Waals surface area contributed by atoms with E-state index >= 15 is 0 Å². The third-order valence-corrected chi connectivity index (χ3v) is 5.21. The van der Waals surface area contributed by atoms with Crippen molar-refractivity contribution < 1.29 is 23.8 Å². The predicted molar refractivity (Wildman–Crippen MR) is 107 cm³/mol. The highest BCUT2D eigenvalue weighted by molar-refractivity contribution is 5.90. The summed E-state index contributed by atoms with van der Waals surface area (Å²) in [5.41, 5.74) is 2.81. The Hall–Kier alpha value is -3.14. The number of cyclic esters (lactones) is 1. The molecule has 0 aliphatic carbocycles. The van der Waals surface area contributed by atoms with Crippen LogP contribution in [0.2, 0.25) is 0 Å². The maximum atomic E-state index is 14.9. The van der Waals surface area contributed by atoms with Crippen molar-refractivity contribution in [2.24, 2.45) is 0 Å². The molecule has 2 aromatic rings. The number of carbonyl (C=O) groups is 2. The first kappa shape index (κ1) is 20.1. The molecule has 0 bridgehead atoms. The highest BCUT2D eigenvalue weighted by Crippen LogP contribution is 2.32. The zero-order valence-electron chi connectivity index (χ0n) is 16.7. The van der Waals surface area contributed by atoms with Crippen molar-refractivity contribution in [3.63, 3.8) is 0 Å². The Morgan fingerprint density at radius 3 is 2.93 bits per heavy atom. The van der Waals surface area contributed by atoms with E-state index in [9.17, 15) is 14.0 Å². The van der Waals surface area contributed by atoms with Gasteiger partial charge in [0.2, 0.25) is 5.91 Å². The normalized spacial score (nSPS) is 18.0. The van der Waals surface area contributed by atoms with Crippen LogP contribution < -0.4 is 15.1 Å². The van der Waals surface area contributed by atoms with E-state index in [0.717, 1.165) is 11.3 Å². The average Bonchev–Trinajstić information content (AvgIpc) is 3.37. The first-order valence-corrected chi connectivity index (χ1v) is 9.87. The van der Waals surface area contributed by atoms with Crippen molar-refractivity contribution in [2.75, 3.05) is 29.5 Å². The number of nitrogens with one attached hydrogen (secondary N) is 1. The Labute approximate surface area is 173 Å². The molecular weight excluding hydrogens is 393 g/mol. The molecule has 1 aromatic carbocycles. The monoisotopic (exact) mass is 417 g/mol. The molecular formula is C20H24FN5O4. The maximum Gasteiger partial charge on any atom is 0.414 e. The fourth-order valence-corrected chi connectivity index (χ4v) is 3.74. The molecule has 1 atom stereocenters. The number of nitrogens with zero attached hydrogens (tertiary/aromatic N) is 4. The first-order chi connectivity index (χ1) is 14.4. The van der Waals surface area contributed by atoms with Crippen molar-refractivity contribution in [2.45, 2.75) is 39.1 Å². The number of carbonyl (C=O) groups excluding carboxylic acids is 2. The van der Waals surface area contributed by atoms with Gasteiger partial charge in [0.15, 0.2) is 0 Å². The molecule has 2 amide bonds. The predicted octanol–water partition coefficient (Wildman–Crippen LogP) is 1.39. The molecule has 0 saturated carbocycles. The van der Waals surface area contributed by atoms with Crippen molar-refractivity contribution >= 4 is 23.4 Å². The number of ether oxygens (including phenoxy) is 1. The number of aryl methyl sites for hydroxylation is 1. The van der Waals surface area contributed by atoms with Crippen LogP contribution in [0.15, 0.2) is 24.4 Å². The molecule has 1 aromatic heterocycles. The summed E-state index contributed by atoms with van der Waals surface area (Å²) in [5.74, 6) is -0.629. The van der Waals surface area contributed by atoms with Crippen molar-refractivity contribution in [1.82, 2.24) is 15.1 Å². The number of aliphatic hydroxyl groups is 1. The lowest BCUT2D eigenvalue weighted by Gasteiger charge is -2.21. The van der Waals surface area contributed by atoms with Crippen LogP contribution >= 0.6 is 0 Å². The molecule has 0 unspecified atom stereocenters. The Kier molecular flexibility index (Phi) is 5.58. The van der Waals surface area contributed by atoms with Gasteiger partial charge in [0.25, 0.3) is 0 Å². The molecule has 9 nitrogen and oxygen atoms in total. The van der Waals surface area contributed by atoms with Crippen LogP contribution in [0.1, 0.15) is 24.6 Å². The standard InChI is InChI=1S/C20H24FN5O4/c1-13(28)22-8-16-11-26(20(29)30-16)15-3-4-19(17(21)7-15)24-9-14-10-25(5-2-6-27)23-18(14)12-24/h3-4,7,10,16,27H,2,5-6,8-9,11-12H2,1H3,(H,22,28)/t16-/m0/s1. The molecule has 10 heteroatoms. The topological polar surface area (TPSA) is 99.9 Å². The van der Waals surface area contributed by atoms with E-state index in [1.54, 1.807) is 12.1 Å². The smallest absolute Gasteiger partial charge is 0.414 e. The van der Waals surface area contributed by atoms with Crippen molar-refractivity contribution in [3.05, 3.63) is 41.5 Å². The van der Waals surface area contributed by atoms with E-state index in [-0.39, 0.29) is 25.6 Å². The number of hydrogen-bond acceptors (Lipinski definition) is 6. The highest BCUT2D eigenvalue weighted by Gasteiger charge is 2.33. The largest absolute Gasteiger partial charge is 0.442 e. The van der Waals surface area contributed by atoms with Gasteiger partial charge in [0.1, 0.15) is 11.9 Å². The molecule has 0 spiro atoms. The molecule has 30 heavy (non-hydrogen) atoms. The lowest BCUT2D eigenvalue weighted by atomic mass is 10.2. The van der Waals surface area contributed by atoms with Crippen molar-refractivity contribution in [1.29, 1.82) is 0 Å². The minimum absolute atomic E-state index is 0.118. The number of anilines is 2. The molecule has 2 N–H and O–H groups in total. The molecule has 4 rings (SSSR count). The Bertz CT molecular complexity index is 939. The molecule has 3 heterocycles. The fourth-order valence-electron chi connectivity index (χ4n) is 3.74. The van der Waals surface area contributed by atoms with Crippen LogP contribution in [0.25, 0.3) is 0 Å². The Morgan fingerprint density at radius 1 is 1.40 bits per heavy atom. The summed E-state index contributed by atoms with van der Waals surface area (Å²) in [6.07, 6.45) is 1.55. The zero-order chi connectivity index (χ0) is 21.3. The molecule has 160 valence electrons. The third kappa shape index (κ3) is 4.09. The minimum Gasteiger partial charge on any atom is -0.442 e. The van der Waals surface area contributed by atoms with Gasteiger partial charge in [0, 0.05) is 38.4 Å². The number of aliphatic hydroxyl groups excluding tert-OH is 1. The Balaban J connectivity index is 1.42. The van der Waals surface area contributed by atoms with Crippen LogP contribution in [0.3, 0.4) is 0 Å². The molecule has 2 aliphatic rings. The third-order valence-electron chi connectivity index (χ3n) is 5.21. The van der Waals surface area contributed by atoms with Gasteiger partial charge in [-0.1, -0.05) is 0 Å². The van der Waals surface area contributed by atoms with Crippen LogP contribution in [0.5, 0.6) is 0 Å². The summed E-state index contributed by atoms with van der Waals surface area (Å²) in [4.78, 5) is 26.4. The van der Waals surface area contributed by atoms with Gasteiger partial charge >= 0.3 is 6.09 Å². The van der Waals surface area contributed by atoms with E-state index in [0.29, 0.717) is 37.4 Å². The fraction of sp³-hybridized carbons (Fsp3) is 0.450. The second-order valence-electron chi connectivity index (χ2n) is 7.49. The number of amides is 2. The first-order valence-electron chi connectivity index (χ1n) is 9.87. The second-order valence-corrected chi connectivity index (χ2v) is 7.49. The summed E-state index contributed by atoms with van der Waals surface area (Å²) in [7, 11) is 0. The average molecular weight is 417 g/mol. The van der Waals surface area contributed by atoms with E-state index in [4.69, 9.17) is 9.84 Å². The van der Waals surface area contributed by atoms with Crippen LogP contribution in [-0.4, -0.2) is 52.7 Å². The maximum absolute atomic E-state index is 14.9. The van der Waals surface area contributed by atoms with Gasteiger partial charge in [-0.15, -0.1) is 0 Å². The van der Waals surface area contributed by atoms with Crippen LogP contribution in [0.4, 0.5) is 20.6 Å². The van der Waals surface area contributed by atoms with Crippen LogP contribution in [0, 0.1) is 5.82 Å². The van der Waals surface area contributed by atoms with E-state index in [2.05, 4.69) is 10.4 Å². The lowest BCUT2D eigenvalue weighted by Crippen LogP contribution is -2.33. The van der Waals surface area contributed by atoms with Gasteiger partial charge in [-0.05, 0) is 24.6 Å². The second kappa shape index (κ2) is 8.31. The van der Waals surface area contributed by atoms with Crippen molar-refractivity contribution in [3.8, 4) is 0 Å². The minimum atomic E-state index is -0.560. The number of hydrogen-bond donors (Lipinski definition) is 2. The SMILES string of the molecule is CC(=O)NC[C@H]1CN(c2ccc(N3Cc4cn(CCCO)nc4C3)c(F)c2)C(=O)O1. The van der Waals surface area contributed by atoms with Crippen LogP contribution in [-0.2, 0) is 29.2 Å². The van der Waals surface area contributed by atoms with Gasteiger partial charge < -0.3 is 20.1 Å². The van der Waals surface area contributed by atoms with E-state index in [1.165, 1.54) is 17.9 Å². The number of halogens is 1. The number of rotatable bonds is 7. The number of benzene rings is 1. The summed E-state index contributed by atoms with van der Waals surface area (Å²) in [6, 6.07) is 4.68. The quantitative estimate of drug-likeness (QED) is 0.706. The van der Waals surface area contributed by atoms with Gasteiger partial charge in [0.05, 0.1) is 36.7 Å². The summed E-state index contributed by atoms with van der Waals surface area (Å²) < 4.78 is 21.9. The molecule has 1 saturated heterocycles. The molecule has 2 aliphatic heterocycles. The van der Waals surface area contributed by atoms with Gasteiger partial charge in [-0.25, -0.2) is 9.18 Å². The molecule has 1 fully saturated rings. The summed E-state index contributed by atoms with van der Waals surface area (Å²) in [5, 5.41) is 16.1. The lowest BCUT2D eigenvalue weighted by molar-refractivity contribution is -0.119. The van der Waals surface area contributed by atoms with E-state index in [1.807, 2.05) is 15.8 Å². The Morgan fingerprint density at radius 2 is 2.23 bits per heavy atom. The molecule has 0 radical (unpaired) electrons. The number of aromatic nitrogens is 2. The zero-order valence-corrected chi connectivity index (χ0v) is 16.7. The highest BCUT2D eigenvalue weighted by atomic mass is 19.1. The summed E-state index contributed by atoms with van der Waals surface area (Å²) >= 11 is 0. The van der Waals surface area contributed by atoms with Gasteiger partial charge in [-0.2, -0.15) is 5.10 Å². The number of fused-ring (bicyclic) bond motifs is 1. The summed E-state index contributed by atoms with van der Waals surface area (Å²) in [6.45, 7) is 3.68. The van der Waals surface area contributed by atoms with E-state index < -0.39 is 18.0 Å².